The van der Waals surface area contributed by atoms with Crippen LogP contribution in [0.5, 0.6) is 17.2 Å². The van der Waals surface area contributed by atoms with Crippen LogP contribution in [-0.4, -0.2) is 107 Å². The summed E-state index contributed by atoms with van der Waals surface area (Å²) >= 11 is 0. The van der Waals surface area contributed by atoms with Crippen molar-refractivity contribution in [3.63, 3.8) is 0 Å². The number of aliphatic hydroxyl groups is 1. The van der Waals surface area contributed by atoms with Crippen LogP contribution in [0.25, 0.3) is 11.0 Å². The van der Waals surface area contributed by atoms with E-state index < -0.39 is 37.0 Å². The quantitative estimate of drug-likeness (QED) is 0.0526. The number of aromatic nitrogens is 3. The number of nitrogens with zero attached hydrogens (tertiary/aromatic N) is 6. The number of carbonyl (C=O) groups excluding carboxylic acids is 1. The Morgan fingerprint density at radius 3 is 2.42 bits per heavy atom. The third-order valence-electron chi connectivity index (χ3n) is 16.2. The highest BCUT2D eigenvalue weighted by molar-refractivity contribution is 7.90. The van der Waals surface area contributed by atoms with Crippen LogP contribution >= 0.6 is 0 Å². The molecular formula is C56H67N9O8S. The number of anilines is 2. The van der Waals surface area contributed by atoms with Gasteiger partial charge in [0, 0.05) is 87.8 Å². The van der Waals surface area contributed by atoms with Crippen molar-refractivity contribution in [2.24, 2.45) is 11.3 Å². The number of hydrogen-bond donors (Lipinski definition) is 4. The Labute approximate surface area is 432 Å². The molecule has 4 aliphatic rings. The number of rotatable bonds is 16. The highest BCUT2D eigenvalue weighted by Crippen LogP contribution is 2.53. The molecule has 3 aromatic carbocycles. The third-order valence-corrected chi connectivity index (χ3v) is 17.5. The van der Waals surface area contributed by atoms with E-state index in [9.17, 15) is 28.4 Å². The zero-order chi connectivity index (χ0) is 51.8. The minimum atomic E-state index is -4.62. The number of hydrogen-bond acceptors (Lipinski definition) is 14. The third kappa shape index (κ3) is 11.1. The van der Waals surface area contributed by atoms with Crippen molar-refractivity contribution < 1.29 is 32.7 Å². The molecule has 2 saturated heterocycles. The summed E-state index contributed by atoms with van der Waals surface area (Å²) in [5.74, 6) is 1.46. The highest BCUT2D eigenvalue weighted by Gasteiger charge is 2.50. The van der Waals surface area contributed by atoms with Crippen molar-refractivity contribution in [3.05, 3.63) is 136 Å². The van der Waals surface area contributed by atoms with E-state index in [-0.39, 0.29) is 34.4 Å². The van der Waals surface area contributed by atoms with Crippen molar-refractivity contribution >= 4 is 44.2 Å². The normalized spacial score (nSPS) is 21.6. The molecule has 0 radical (unpaired) electrons. The van der Waals surface area contributed by atoms with Crippen LogP contribution in [0.4, 0.5) is 17.2 Å². The van der Waals surface area contributed by atoms with Crippen molar-refractivity contribution in [3.8, 4) is 17.2 Å². The number of methoxy groups -OCH3 is 1. The molecule has 74 heavy (non-hydrogen) atoms. The number of aromatic amines is 1. The maximum absolute atomic E-state index is 14.1. The smallest absolute Gasteiger partial charge is 0.293 e. The molecule has 0 bridgehead atoms. The molecule has 17 nitrogen and oxygen atoms in total. The monoisotopic (exact) mass is 1030 g/mol. The number of amides is 1. The lowest BCUT2D eigenvalue weighted by Crippen LogP contribution is -2.60. The second kappa shape index (κ2) is 21.0. The molecule has 3 aromatic heterocycles. The number of pyridine rings is 2. The molecule has 18 heteroatoms. The summed E-state index contributed by atoms with van der Waals surface area (Å²) in [5.41, 5.74) is 3.83. The van der Waals surface area contributed by atoms with E-state index >= 15 is 0 Å². The first-order valence-corrected chi connectivity index (χ1v) is 27.4. The zero-order valence-electron chi connectivity index (χ0n) is 42.6. The summed E-state index contributed by atoms with van der Waals surface area (Å²) in [6.45, 7) is 12.1. The molecule has 2 saturated carbocycles. The lowest BCUT2D eigenvalue weighted by Gasteiger charge is -2.58. The van der Waals surface area contributed by atoms with Crippen LogP contribution in [0.15, 0.2) is 108 Å². The molecule has 4 N–H and O–H groups in total. The second-order valence-corrected chi connectivity index (χ2v) is 23.3. The van der Waals surface area contributed by atoms with Crippen LogP contribution in [0.2, 0.25) is 0 Å². The average Bonchev–Trinajstić information content (AvgIpc) is 3.86. The molecule has 0 unspecified atom stereocenters. The first kappa shape index (κ1) is 50.9. The maximum Gasteiger partial charge on any atom is 0.293 e. The predicted octanol–water partition coefficient (Wildman–Crippen LogP) is 9.57. The number of ether oxygens (including phenoxy) is 2. The van der Waals surface area contributed by atoms with E-state index in [1.807, 2.05) is 25.1 Å². The van der Waals surface area contributed by atoms with E-state index in [0.29, 0.717) is 48.6 Å². The molecule has 6 aromatic rings. The Hall–Kier alpha value is -6.60. The summed E-state index contributed by atoms with van der Waals surface area (Å²) in [6.07, 6.45) is 11.6. The number of benzene rings is 3. The molecule has 2 aliphatic carbocycles. The molecule has 1 amide bonds. The van der Waals surface area contributed by atoms with Gasteiger partial charge in [-0.3, -0.25) is 24.7 Å². The van der Waals surface area contributed by atoms with E-state index in [0.717, 1.165) is 95.0 Å². The van der Waals surface area contributed by atoms with Crippen LogP contribution in [0.1, 0.15) is 111 Å². The molecule has 390 valence electrons. The summed E-state index contributed by atoms with van der Waals surface area (Å²) < 4.78 is 41.6. The van der Waals surface area contributed by atoms with Crippen LogP contribution < -0.4 is 24.4 Å². The Morgan fingerprint density at radius 1 is 0.932 bits per heavy atom. The number of sulfonamides is 1. The van der Waals surface area contributed by atoms with E-state index in [1.165, 1.54) is 41.2 Å². The number of nitro benzene ring substituents is 1. The van der Waals surface area contributed by atoms with Crippen LogP contribution in [-0.2, 0) is 16.6 Å². The molecule has 4 fully saturated rings. The number of H-pyrrole nitrogens is 1. The first-order valence-electron chi connectivity index (χ1n) is 25.9. The molecular weight excluding hydrogens is 959 g/mol. The number of nitro groups is 1. The highest BCUT2D eigenvalue weighted by atomic mass is 32.2. The fraction of sp³-hybridized carbons (Fsp3) is 0.446. The number of fused-ring (bicyclic) bond motifs is 1. The summed E-state index contributed by atoms with van der Waals surface area (Å²) in [4.78, 5) is 45.0. The van der Waals surface area contributed by atoms with Gasteiger partial charge in [0.05, 0.1) is 28.7 Å². The second-order valence-electron chi connectivity index (χ2n) is 21.6. The Bertz CT molecular complexity index is 3100. The van der Waals surface area contributed by atoms with Crippen LogP contribution in [0.3, 0.4) is 0 Å². The fourth-order valence-corrected chi connectivity index (χ4v) is 12.7. The standard InChI is InChI=1S/C56H67N9O8S/c1-37(2)45-7-5-6-8-46(45)50-36-62(35-39-9-11-42(72-4)12-10-39)25-26-64(50)41-30-56(31-41)20-23-63(24-21-56)52-29-51(73-43-27-40-17-22-57-53(40)60-33-43)47(34-59-52)54(66)61-74(70,71)44-13-14-48(49(28-44)65(68)69)58-32-38-15-18-55(3,67)19-16-38/h5-14,17,22,27-29,33-34,37-38,41,50,58,67H,15-16,18-21,23-26,30-32,35-36H2,1-4H3,(H,57,60)(H,61,66)/t38-,50-,55-/m0/s1. The molecule has 10 rings (SSSR count). The Balaban J connectivity index is 0.830. The molecule has 1 spiro atoms. The van der Waals surface area contributed by atoms with Gasteiger partial charge in [0.1, 0.15) is 40.0 Å². The van der Waals surface area contributed by atoms with E-state index in [1.54, 1.807) is 25.4 Å². The topological polar surface area (TPSA) is 208 Å². The van der Waals surface area contributed by atoms with Gasteiger partial charge < -0.3 is 29.8 Å². The van der Waals surface area contributed by atoms with Gasteiger partial charge in [-0.15, -0.1) is 0 Å². The Kier molecular flexibility index (Phi) is 14.4. The number of piperidine rings is 1. The first-order chi connectivity index (χ1) is 35.5. The van der Waals surface area contributed by atoms with Crippen molar-refractivity contribution in [2.75, 3.05) is 56.6 Å². The van der Waals surface area contributed by atoms with Gasteiger partial charge in [-0.25, -0.2) is 23.1 Å². The average molecular weight is 1030 g/mol. The van der Waals surface area contributed by atoms with Gasteiger partial charge in [-0.1, -0.05) is 50.2 Å². The lowest BCUT2D eigenvalue weighted by atomic mass is 9.59. The molecule has 1 atom stereocenters. The van der Waals surface area contributed by atoms with Crippen molar-refractivity contribution in [2.45, 2.75) is 107 Å². The zero-order valence-corrected chi connectivity index (χ0v) is 43.4. The summed E-state index contributed by atoms with van der Waals surface area (Å²) in [6, 6.07) is 27.0. The van der Waals surface area contributed by atoms with Crippen molar-refractivity contribution in [1.82, 2.24) is 29.5 Å². The largest absolute Gasteiger partial charge is 0.497 e. The van der Waals surface area contributed by atoms with Gasteiger partial charge in [-0.2, -0.15) is 0 Å². The fourth-order valence-electron chi connectivity index (χ4n) is 11.8. The minimum absolute atomic E-state index is 0.0805. The number of piperazine rings is 1. The number of carbonyl (C=O) groups is 1. The van der Waals surface area contributed by atoms with Crippen LogP contribution in [0, 0.1) is 21.4 Å². The minimum Gasteiger partial charge on any atom is -0.497 e. The van der Waals surface area contributed by atoms with Gasteiger partial charge in [0.2, 0.25) is 0 Å². The molecule has 5 heterocycles. The SMILES string of the molecule is COc1ccc(CN2CCN(C3CC4(CCN(c5cc(Oc6cnc7[nH]ccc7c6)c(C(=O)NS(=O)(=O)c6ccc(NC[C@H]7CC[C@](C)(O)CC7)c([N+](=O)[O-])c6)cn5)CC4)C3)[C@H](c3ccccc3C(C)C)C2)cc1. The maximum atomic E-state index is 14.1. The predicted molar refractivity (Wildman–Crippen MR) is 284 cm³/mol. The Morgan fingerprint density at radius 2 is 1.69 bits per heavy atom. The lowest BCUT2D eigenvalue weighted by molar-refractivity contribution is -0.384. The van der Waals surface area contributed by atoms with Gasteiger partial charge in [0.15, 0.2) is 0 Å². The van der Waals surface area contributed by atoms with Gasteiger partial charge in [0.25, 0.3) is 21.6 Å². The van der Waals surface area contributed by atoms with Crippen molar-refractivity contribution in [1.29, 1.82) is 0 Å². The van der Waals surface area contributed by atoms with E-state index in [2.05, 4.69) is 85.0 Å². The summed E-state index contributed by atoms with van der Waals surface area (Å²) in [7, 11) is -2.92. The van der Waals surface area contributed by atoms with Gasteiger partial charge in [-0.05, 0) is 129 Å². The molecule has 2 aliphatic heterocycles. The summed E-state index contributed by atoms with van der Waals surface area (Å²) in [5, 5.41) is 26.5. The van der Waals surface area contributed by atoms with Gasteiger partial charge >= 0.3 is 0 Å². The number of nitrogens with one attached hydrogen (secondary N) is 3. The van der Waals surface area contributed by atoms with E-state index in [4.69, 9.17) is 14.5 Å².